The fourth-order valence-electron chi connectivity index (χ4n) is 1.46. The second-order valence-electron chi connectivity index (χ2n) is 3.80. The molecule has 0 saturated heterocycles. The van der Waals surface area contributed by atoms with E-state index in [-0.39, 0.29) is 17.3 Å². The zero-order valence-corrected chi connectivity index (χ0v) is 9.80. The molecule has 0 amide bonds. The van der Waals surface area contributed by atoms with E-state index >= 15 is 0 Å². The van der Waals surface area contributed by atoms with Gasteiger partial charge in [-0.15, -0.1) is 0 Å². The molecule has 3 nitrogen and oxygen atoms in total. The van der Waals surface area contributed by atoms with E-state index < -0.39 is 0 Å². The van der Waals surface area contributed by atoms with Gasteiger partial charge in [0.1, 0.15) is 11.5 Å². The molecule has 0 aliphatic carbocycles. The minimum Gasteiger partial charge on any atom is -0.287 e. The van der Waals surface area contributed by atoms with Gasteiger partial charge in [-0.1, -0.05) is 12.1 Å². The third-order valence-corrected chi connectivity index (χ3v) is 2.42. The average molecular weight is 242 g/mol. The highest BCUT2D eigenvalue weighted by Gasteiger charge is 2.02. The van der Waals surface area contributed by atoms with E-state index in [0.717, 1.165) is 5.56 Å². The fraction of sp³-hybridized carbons (Fsp3) is 0.0714. The van der Waals surface area contributed by atoms with Crippen molar-refractivity contribution in [2.24, 2.45) is 0 Å². The predicted molar refractivity (Wildman–Crippen MR) is 66.5 cm³/mol. The molecule has 1 aromatic carbocycles. The molecule has 0 spiro atoms. The Kier molecular flexibility index (Phi) is 3.57. The molecule has 0 N–H and O–H groups in total. The number of allylic oxidation sites excluding steroid dienone is 1. The lowest BCUT2D eigenvalue weighted by Gasteiger charge is -1.98. The van der Waals surface area contributed by atoms with Crippen molar-refractivity contribution in [3.8, 4) is 0 Å². The van der Waals surface area contributed by atoms with Crippen LogP contribution in [0.4, 0.5) is 4.39 Å². The Balaban J connectivity index is 2.16. The maximum absolute atomic E-state index is 13.1. The Morgan fingerprint density at radius 2 is 2.17 bits per heavy atom. The fourth-order valence-corrected chi connectivity index (χ4v) is 1.46. The molecule has 2 aromatic rings. The van der Waals surface area contributed by atoms with Gasteiger partial charge < -0.3 is 0 Å². The van der Waals surface area contributed by atoms with Gasteiger partial charge in [-0.25, -0.2) is 9.37 Å². The summed E-state index contributed by atoms with van der Waals surface area (Å²) in [6.07, 6.45) is 7.40. The number of hydrogen-bond donors (Lipinski definition) is 0. The molecule has 18 heavy (non-hydrogen) atoms. The van der Waals surface area contributed by atoms with Gasteiger partial charge in [0, 0.05) is 12.4 Å². The monoisotopic (exact) mass is 242 g/mol. The van der Waals surface area contributed by atoms with E-state index in [4.69, 9.17) is 0 Å². The quantitative estimate of drug-likeness (QED) is 0.614. The molecule has 0 radical (unpaired) electrons. The lowest BCUT2D eigenvalue weighted by molar-refractivity contribution is 0.104. The maximum Gasteiger partial charge on any atom is 0.205 e. The number of aryl methyl sites for hydroxylation is 1. The summed E-state index contributed by atoms with van der Waals surface area (Å²) in [6, 6.07) is 4.67. The van der Waals surface area contributed by atoms with Crippen molar-refractivity contribution in [2.45, 2.75) is 6.92 Å². The molecule has 1 aromatic heterocycles. The highest BCUT2D eigenvalue weighted by molar-refractivity contribution is 6.05. The van der Waals surface area contributed by atoms with Crippen molar-refractivity contribution in [1.82, 2.24) is 9.97 Å². The van der Waals surface area contributed by atoms with Gasteiger partial charge in [-0.05, 0) is 36.3 Å². The molecular weight excluding hydrogens is 231 g/mol. The minimum absolute atomic E-state index is 0.231. The smallest absolute Gasteiger partial charge is 0.205 e. The van der Waals surface area contributed by atoms with Crippen LogP contribution in [-0.2, 0) is 0 Å². The van der Waals surface area contributed by atoms with E-state index in [1.54, 1.807) is 25.1 Å². The largest absolute Gasteiger partial charge is 0.287 e. The Morgan fingerprint density at radius 3 is 2.83 bits per heavy atom. The topological polar surface area (TPSA) is 42.9 Å². The highest BCUT2D eigenvalue weighted by atomic mass is 19.1. The van der Waals surface area contributed by atoms with E-state index in [0.29, 0.717) is 5.56 Å². The van der Waals surface area contributed by atoms with Gasteiger partial charge in [0.15, 0.2) is 0 Å². The lowest BCUT2D eigenvalue weighted by atomic mass is 10.1. The number of carbonyl (C=O) groups is 1. The first-order valence-electron chi connectivity index (χ1n) is 5.41. The Bertz CT molecular complexity index is 594. The second-order valence-corrected chi connectivity index (χ2v) is 3.80. The summed E-state index contributed by atoms with van der Waals surface area (Å²) in [5.74, 6) is -0.488. The molecule has 2 rings (SSSR count). The molecule has 0 atom stereocenters. The molecule has 0 aliphatic rings. The summed E-state index contributed by atoms with van der Waals surface area (Å²) in [5.41, 5.74) is 1.60. The molecule has 1 heterocycles. The normalized spacial score (nSPS) is 10.8. The van der Waals surface area contributed by atoms with Crippen LogP contribution >= 0.6 is 0 Å². The van der Waals surface area contributed by atoms with Crippen LogP contribution < -0.4 is 0 Å². The standard InChI is InChI=1S/C14H11FN2O/c1-10-8-11(2-4-12(10)15)3-5-14(18)13-9-16-6-7-17-13/h2-9H,1H3/b5-3+. The predicted octanol–water partition coefficient (Wildman–Crippen LogP) is 2.82. The molecule has 0 aliphatic heterocycles. The highest BCUT2D eigenvalue weighted by Crippen LogP contribution is 2.11. The van der Waals surface area contributed by atoms with Gasteiger partial charge >= 0.3 is 0 Å². The van der Waals surface area contributed by atoms with Crippen LogP contribution in [-0.4, -0.2) is 15.8 Å². The van der Waals surface area contributed by atoms with E-state index in [1.165, 1.54) is 30.7 Å². The first-order valence-corrected chi connectivity index (χ1v) is 5.41. The Labute approximate surface area is 104 Å². The van der Waals surface area contributed by atoms with Crippen LogP contribution in [0.15, 0.2) is 42.9 Å². The summed E-state index contributed by atoms with van der Waals surface area (Å²) in [4.78, 5) is 19.4. The maximum atomic E-state index is 13.1. The number of carbonyl (C=O) groups excluding carboxylic acids is 1. The molecule has 0 fully saturated rings. The van der Waals surface area contributed by atoms with Crippen LogP contribution in [0.25, 0.3) is 6.08 Å². The van der Waals surface area contributed by atoms with Crippen LogP contribution in [0.3, 0.4) is 0 Å². The molecule has 0 bridgehead atoms. The van der Waals surface area contributed by atoms with Crippen molar-refractivity contribution in [3.05, 3.63) is 65.5 Å². The SMILES string of the molecule is Cc1cc(/C=C/C(=O)c2cnccn2)ccc1F. The second kappa shape index (κ2) is 5.31. The average Bonchev–Trinajstić information content (AvgIpc) is 2.41. The zero-order valence-electron chi connectivity index (χ0n) is 9.80. The van der Waals surface area contributed by atoms with Crippen molar-refractivity contribution in [1.29, 1.82) is 0 Å². The number of hydrogen-bond acceptors (Lipinski definition) is 3. The molecule has 0 saturated carbocycles. The minimum atomic E-state index is -0.257. The van der Waals surface area contributed by atoms with Gasteiger partial charge in [0.25, 0.3) is 0 Å². The summed E-state index contributed by atoms with van der Waals surface area (Å²) in [5, 5.41) is 0. The van der Waals surface area contributed by atoms with Crippen LogP contribution in [0, 0.1) is 12.7 Å². The first kappa shape index (κ1) is 12.1. The Morgan fingerprint density at radius 1 is 1.33 bits per heavy atom. The third-order valence-electron chi connectivity index (χ3n) is 2.42. The van der Waals surface area contributed by atoms with Crippen LogP contribution in [0.1, 0.15) is 21.6 Å². The van der Waals surface area contributed by atoms with E-state index in [9.17, 15) is 9.18 Å². The van der Waals surface area contributed by atoms with Gasteiger partial charge in [0.05, 0.1) is 6.20 Å². The number of aromatic nitrogens is 2. The lowest BCUT2D eigenvalue weighted by Crippen LogP contribution is -1.98. The van der Waals surface area contributed by atoms with Gasteiger partial charge in [-0.2, -0.15) is 0 Å². The summed E-state index contributed by atoms with van der Waals surface area (Å²) >= 11 is 0. The van der Waals surface area contributed by atoms with E-state index in [1.807, 2.05) is 0 Å². The number of rotatable bonds is 3. The summed E-state index contributed by atoms with van der Waals surface area (Å²) in [7, 11) is 0. The summed E-state index contributed by atoms with van der Waals surface area (Å²) < 4.78 is 13.1. The van der Waals surface area contributed by atoms with Crippen molar-refractivity contribution in [2.75, 3.05) is 0 Å². The third kappa shape index (κ3) is 2.85. The number of nitrogens with zero attached hydrogens (tertiary/aromatic N) is 2. The van der Waals surface area contributed by atoms with Gasteiger partial charge in [-0.3, -0.25) is 9.78 Å². The molecule has 4 heteroatoms. The molecule has 90 valence electrons. The van der Waals surface area contributed by atoms with Gasteiger partial charge in [0.2, 0.25) is 5.78 Å². The van der Waals surface area contributed by atoms with Crippen LogP contribution in [0.2, 0.25) is 0 Å². The zero-order chi connectivity index (χ0) is 13.0. The molecular formula is C14H11FN2O. The number of halogens is 1. The number of ketones is 1. The van der Waals surface area contributed by atoms with Crippen molar-refractivity contribution >= 4 is 11.9 Å². The van der Waals surface area contributed by atoms with Crippen LogP contribution in [0.5, 0.6) is 0 Å². The summed E-state index contributed by atoms with van der Waals surface area (Å²) in [6.45, 7) is 1.68. The first-order chi connectivity index (χ1) is 8.66. The van der Waals surface area contributed by atoms with Crippen molar-refractivity contribution < 1.29 is 9.18 Å². The number of benzene rings is 1. The molecule has 0 unspecified atom stereocenters. The van der Waals surface area contributed by atoms with Crippen molar-refractivity contribution in [3.63, 3.8) is 0 Å². The van der Waals surface area contributed by atoms with E-state index in [2.05, 4.69) is 9.97 Å². The Hall–Kier alpha value is -2.36.